The van der Waals surface area contributed by atoms with Crippen molar-refractivity contribution in [3.8, 4) is 0 Å². The predicted molar refractivity (Wildman–Crippen MR) is 72.9 cm³/mol. The highest BCUT2D eigenvalue weighted by Crippen LogP contribution is 2.18. The van der Waals surface area contributed by atoms with Crippen LogP contribution in [0.5, 0.6) is 0 Å². The summed E-state index contributed by atoms with van der Waals surface area (Å²) in [6.45, 7) is 2.12. The molecule has 0 heterocycles. The Morgan fingerprint density at radius 3 is 2.53 bits per heavy atom. The van der Waals surface area contributed by atoms with Gasteiger partial charge in [-0.25, -0.2) is 9.59 Å². The topological polar surface area (TPSA) is 74.6 Å². The molecule has 1 rings (SSSR count). The van der Waals surface area contributed by atoms with Crippen LogP contribution >= 0.6 is 0 Å². The third-order valence-electron chi connectivity index (χ3n) is 2.81. The number of carboxylic acid groups (broad SMARTS) is 2. The van der Waals surface area contributed by atoms with E-state index < -0.39 is 11.9 Å². The Kier molecular flexibility index (Phi) is 5.79. The van der Waals surface area contributed by atoms with Crippen molar-refractivity contribution in [1.29, 1.82) is 0 Å². The van der Waals surface area contributed by atoms with Crippen molar-refractivity contribution in [3.05, 3.63) is 41.5 Å². The first-order valence-electron chi connectivity index (χ1n) is 6.31. The Hall–Kier alpha value is -2.10. The predicted octanol–water partition coefficient (Wildman–Crippen LogP) is 2.97. The molecular weight excluding hydrogens is 244 g/mol. The van der Waals surface area contributed by atoms with Crippen molar-refractivity contribution in [2.75, 3.05) is 0 Å². The molecule has 0 radical (unpaired) electrons. The van der Waals surface area contributed by atoms with E-state index >= 15 is 0 Å². The SMILES string of the molecule is CCCCCc1cccc(/C(=C/C(=O)O)C(=O)O)c1. The fraction of sp³-hybridized carbons (Fsp3) is 0.333. The highest BCUT2D eigenvalue weighted by Gasteiger charge is 2.12. The average molecular weight is 262 g/mol. The number of benzene rings is 1. The summed E-state index contributed by atoms with van der Waals surface area (Å²) in [5.41, 5.74) is 1.28. The summed E-state index contributed by atoms with van der Waals surface area (Å²) < 4.78 is 0. The van der Waals surface area contributed by atoms with Gasteiger partial charge in [-0.2, -0.15) is 0 Å². The first-order valence-corrected chi connectivity index (χ1v) is 6.31. The first kappa shape index (κ1) is 15.0. The lowest BCUT2D eigenvalue weighted by Gasteiger charge is -2.05. The largest absolute Gasteiger partial charge is 0.478 e. The fourth-order valence-electron chi connectivity index (χ4n) is 1.87. The van der Waals surface area contributed by atoms with Crippen molar-refractivity contribution in [2.24, 2.45) is 0 Å². The maximum absolute atomic E-state index is 11.1. The van der Waals surface area contributed by atoms with Crippen molar-refractivity contribution < 1.29 is 19.8 Å². The molecule has 0 fully saturated rings. The Morgan fingerprint density at radius 2 is 1.95 bits per heavy atom. The molecule has 0 amide bonds. The molecule has 0 aliphatic heterocycles. The number of carboxylic acids is 2. The molecule has 1 aromatic rings. The highest BCUT2D eigenvalue weighted by molar-refractivity contribution is 6.19. The van der Waals surface area contributed by atoms with E-state index in [2.05, 4.69) is 6.92 Å². The lowest BCUT2D eigenvalue weighted by molar-refractivity contribution is -0.133. The Morgan fingerprint density at radius 1 is 1.21 bits per heavy atom. The van der Waals surface area contributed by atoms with Gasteiger partial charge in [0.15, 0.2) is 0 Å². The highest BCUT2D eigenvalue weighted by atomic mass is 16.4. The minimum atomic E-state index is -1.26. The third kappa shape index (κ3) is 4.95. The van der Waals surface area contributed by atoms with Crippen molar-refractivity contribution in [3.63, 3.8) is 0 Å². The van der Waals surface area contributed by atoms with Crippen LogP contribution in [-0.2, 0) is 16.0 Å². The summed E-state index contributed by atoms with van der Waals surface area (Å²) in [4.78, 5) is 21.7. The number of rotatable bonds is 7. The van der Waals surface area contributed by atoms with E-state index in [-0.39, 0.29) is 5.57 Å². The summed E-state index contributed by atoms with van der Waals surface area (Å²) in [7, 11) is 0. The Labute approximate surface area is 112 Å². The van der Waals surface area contributed by atoms with Gasteiger partial charge in [-0.1, -0.05) is 44.0 Å². The zero-order valence-electron chi connectivity index (χ0n) is 10.9. The quantitative estimate of drug-likeness (QED) is 0.585. The van der Waals surface area contributed by atoms with Crippen LogP contribution < -0.4 is 0 Å². The van der Waals surface area contributed by atoms with Crippen LogP contribution in [0.2, 0.25) is 0 Å². The molecule has 1 aromatic carbocycles. The van der Waals surface area contributed by atoms with Gasteiger partial charge < -0.3 is 10.2 Å². The summed E-state index contributed by atoms with van der Waals surface area (Å²) in [5.74, 6) is -2.48. The lowest BCUT2D eigenvalue weighted by Crippen LogP contribution is -2.03. The maximum atomic E-state index is 11.1. The molecule has 0 saturated carbocycles. The van der Waals surface area contributed by atoms with E-state index in [4.69, 9.17) is 10.2 Å². The molecule has 0 spiro atoms. The first-order chi connectivity index (χ1) is 9.04. The zero-order chi connectivity index (χ0) is 14.3. The third-order valence-corrected chi connectivity index (χ3v) is 2.81. The standard InChI is InChI=1S/C15H18O4/c1-2-3-4-6-11-7-5-8-12(9-11)13(15(18)19)10-14(16)17/h5,7-10H,2-4,6H2,1H3,(H,16,17)(H,18,19)/b13-10-. The molecule has 0 aliphatic carbocycles. The second kappa shape index (κ2) is 7.36. The van der Waals surface area contributed by atoms with Crippen LogP contribution in [0.25, 0.3) is 5.57 Å². The average Bonchev–Trinajstić information content (AvgIpc) is 2.36. The maximum Gasteiger partial charge on any atom is 0.336 e. The van der Waals surface area contributed by atoms with E-state index in [1.54, 1.807) is 18.2 Å². The van der Waals surface area contributed by atoms with Gasteiger partial charge in [-0.15, -0.1) is 0 Å². The Bertz CT molecular complexity index is 489. The van der Waals surface area contributed by atoms with Crippen molar-refractivity contribution in [1.82, 2.24) is 0 Å². The molecule has 0 unspecified atom stereocenters. The summed E-state index contributed by atoms with van der Waals surface area (Å²) in [5, 5.41) is 17.7. The van der Waals surface area contributed by atoms with Crippen LogP contribution in [0.15, 0.2) is 30.3 Å². The second-order valence-corrected chi connectivity index (χ2v) is 4.36. The van der Waals surface area contributed by atoms with Gasteiger partial charge in [-0.05, 0) is 24.0 Å². The summed E-state index contributed by atoms with van der Waals surface area (Å²) >= 11 is 0. The van der Waals surface area contributed by atoms with Gasteiger partial charge in [0.2, 0.25) is 0 Å². The molecule has 0 aliphatic rings. The number of aryl methyl sites for hydroxylation is 1. The van der Waals surface area contributed by atoms with Crippen LogP contribution in [0, 0.1) is 0 Å². The van der Waals surface area contributed by atoms with E-state index in [1.807, 2.05) is 6.07 Å². The van der Waals surface area contributed by atoms with Crippen LogP contribution in [0.1, 0.15) is 37.3 Å². The number of hydrogen-bond donors (Lipinski definition) is 2. The molecule has 4 heteroatoms. The minimum Gasteiger partial charge on any atom is -0.478 e. The van der Waals surface area contributed by atoms with Crippen LogP contribution in [-0.4, -0.2) is 22.2 Å². The molecular formula is C15H18O4. The molecule has 0 aromatic heterocycles. The molecule has 2 N–H and O–H groups in total. The number of carbonyl (C=O) groups is 2. The molecule has 0 bridgehead atoms. The van der Waals surface area contributed by atoms with Gasteiger partial charge in [0.05, 0.1) is 5.57 Å². The van der Waals surface area contributed by atoms with Gasteiger partial charge >= 0.3 is 11.9 Å². The monoisotopic (exact) mass is 262 g/mol. The van der Waals surface area contributed by atoms with E-state index in [9.17, 15) is 9.59 Å². The van der Waals surface area contributed by atoms with Crippen molar-refractivity contribution in [2.45, 2.75) is 32.6 Å². The molecule has 0 atom stereocenters. The summed E-state index contributed by atoms with van der Waals surface area (Å²) in [6, 6.07) is 7.05. The normalized spacial score (nSPS) is 11.3. The van der Waals surface area contributed by atoms with E-state index in [0.717, 1.165) is 37.3 Å². The van der Waals surface area contributed by atoms with Gasteiger partial charge in [-0.3, -0.25) is 0 Å². The van der Waals surface area contributed by atoms with Gasteiger partial charge in [0.25, 0.3) is 0 Å². The molecule has 0 saturated heterocycles. The van der Waals surface area contributed by atoms with Gasteiger partial charge in [0.1, 0.15) is 0 Å². The zero-order valence-corrected chi connectivity index (χ0v) is 10.9. The second-order valence-electron chi connectivity index (χ2n) is 4.36. The Balaban J connectivity index is 2.96. The van der Waals surface area contributed by atoms with Gasteiger partial charge in [0, 0.05) is 6.08 Å². The molecule has 4 nitrogen and oxygen atoms in total. The van der Waals surface area contributed by atoms with E-state index in [0.29, 0.717) is 5.56 Å². The number of unbranched alkanes of at least 4 members (excludes halogenated alkanes) is 2. The lowest BCUT2D eigenvalue weighted by atomic mass is 10.00. The summed E-state index contributed by atoms with van der Waals surface area (Å²) in [6.07, 6.45) is 4.90. The number of aliphatic carboxylic acids is 2. The minimum absolute atomic E-state index is 0.190. The van der Waals surface area contributed by atoms with Crippen LogP contribution in [0.4, 0.5) is 0 Å². The fourth-order valence-corrected chi connectivity index (χ4v) is 1.87. The van der Waals surface area contributed by atoms with Crippen molar-refractivity contribution >= 4 is 17.5 Å². The number of hydrogen-bond acceptors (Lipinski definition) is 2. The van der Waals surface area contributed by atoms with Crippen LogP contribution in [0.3, 0.4) is 0 Å². The van der Waals surface area contributed by atoms with E-state index in [1.165, 1.54) is 0 Å². The molecule has 102 valence electrons. The smallest absolute Gasteiger partial charge is 0.336 e. The molecule has 19 heavy (non-hydrogen) atoms.